The first kappa shape index (κ1) is 14.3. The van der Waals surface area contributed by atoms with E-state index in [9.17, 15) is 16.8 Å². The van der Waals surface area contributed by atoms with Crippen LogP contribution in [0.25, 0.3) is 0 Å². The summed E-state index contributed by atoms with van der Waals surface area (Å²) in [5, 5.41) is 0. The van der Waals surface area contributed by atoms with Gasteiger partial charge in [-0.3, -0.25) is 0 Å². The fourth-order valence-electron chi connectivity index (χ4n) is 1.08. The molecule has 0 N–H and O–H groups in total. The zero-order valence-corrected chi connectivity index (χ0v) is 10.8. The summed E-state index contributed by atoms with van der Waals surface area (Å²) in [6.07, 6.45) is 1.47. The molecule has 8 heteroatoms. The van der Waals surface area contributed by atoms with Gasteiger partial charge in [0.25, 0.3) is 0 Å². The molecule has 1 aromatic carbocycles. The normalized spacial score (nSPS) is 11.6. The van der Waals surface area contributed by atoms with E-state index in [1.54, 1.807) is 0 Å². The van der Waals surface area contributed by atoms with Gasteiger partial charge in [-0.05, 0) is 18.2 Å². The van der Waals surface area contributed by atoms with Crippen molar-refractivity contribution in [1.29, 1.82) is 0 Å². The third-order valence-electron chi connectivity index (χ3n) is 1.77. The molecule has 18 heavy (non-hydrogen) atoms. The van der Waals surface area contributed by atoms with Crippen LogP contribution in [0.1, 0.15) is 0 Å². The Hall–Kier alpha value is -1.80. The van der Waals surface area contributed by atoms with E-state index in [2.05, 4.69) is 21.5 Å². The average molecular weight is 290 g/mol. The van der Waals surface area contributed by atoms with Gasteiger partial charge in [0, 0.05) is 0 Å². The molecule has 0 radical (unpaired) electrons. The molecule has 0 saturated carbocycles. The van der Waals surface area contributed by atoms with Crippen LogP contribution in [0.4, 0.5) is 0 Å². The van der Waals surface area contributed by atoms with E-state index in [0.717, 1.165) is 18.6 Å². The predicted octanol–water partition coefficient (Wildman–Crippen LogP) is 1.38. The molecule has 0 heterocycles. The standard InChI is InChI=1S/C10H10O6S2/c1-3-15-17(11,12)9-6-5-7-10(8-9)18(13,14)16-4-2/h3-8H,1-2H2. The lowest BCUT2D eigenvalue weighted by atomic mass is 10.4. The second-order valence-corrected chi connectivity index (χ2v) is 6.05. The van der Waals surface area contributed by atoms with Crippen molar-refractivity contribution >= 4 is 20.2 Å². The molecule has 0 aliphatic heterocycles. The van der Waals surface area contributed by atoms with Crippen molar-refractivity contribution < 1.29 is 25.2 Å². The molecule has 0 spiro atoms. The molecule has 0 aliphatic carbocycles. The summed E-state index contributed by atoms with van der Waals surface area (Å²) in [5.74, 6) is 0. The predicted molar refractivity (Wildman–Crippen MR) is 63.4 cm³/mol. The fraction of sp³-hybridized carbons (Fsp3) is 0. The highest BCUT2D eigenvalue weighted by Gasteiger charge is 2.20. The van der Waals surface area contributed by atoms with Gasteiger partial charge in [-0.2, -0.15) is 16.8 Å². The Morgan fingerprint density at radius 1 is 0.889 bits per heavy atom. The van der Waals surface area contributed by atoms with E-state index in [1.807, 2.05) is 0 Å². The van der Waals surface area contributed by atoms with Crippen molar-refractivity contribution in [3.05, 3.63) is 49.9 Å². The summed E-state index contributed by atoms with van der Waals surface area (Å²) >= 11 is 0. The number of hydrogen-bond donors (Lipinski definition) is 0. The Labute approximate surface area is 105 Å². The van der Waals surface area contributed by atoms with Crippen LogP contribution in [0.15, 0.2) is 59.7 Å². The molecule has 0 aromatic heterocycles. The molecule has 0 unspecified atom stereocenters. The average Bonchev–Trinajstić information content (AvgIpc) is 2.29. The van der Waals surface area contributed by atoms with Gasteiger partial charge in [0.05, 0.1) is 12.5 Å². The van der Waals surface area contributed by atoms with Gasteiger partial charge >= 0.3 is 20.2 Å². The summed E-state index contributed by atoms with van der Waals surface area (Å²) in [5.41, 5.74) is 0. The van der Waals surface area contributed by atoms with Gasteiger partial charge in [0.2, 0.25) is 0 Å². The first-order valence-corrected chi connectivity index (χ1v) is 7.33. The molecule has 0 aliphatic rings. The molecule has 6 nitrogen and oxygen atoms in total. The molecular weight excluding hydrogens is 280 g/mol. The van der Waals surface area contributed by atoms with Crippen molar-refractivity contribution in [2.45, 2.75) is 9.79 Å². The molecule has 0 fully saturated rings. The van der Waals surface area contributed by atoms with Crippen molar-refractivity contribution in [3.63, 3.8) is 0 Å². The van der Waals surface area contributed by atoms with Crippen LogP contribution in [0.2, 0.25) is 0 Å². The molecule has 0 saturated heterocycles. The smallest absolute Gasteiger partial charge is 0.338 e. The monoisotopic (exact) mass is 290 g/mol. The Kier molecular flexibility index (Phi) is 4.15. The van der Waals surface area contributed by atoms with Crippen LogP contribution in [0.5, 0.6) is 0 Å². The molecule has 98 valence electrons. The maximum Gasteiger partial charge on any atom is 0.338 e. The van der Waals surface area contributed by atoms with Gasteiger partial charge in [0.15, 0.2) is 0 Å². The minimum absolute atomic E-state index is 0.323. The Morgan fingerprint density at radius 3 is 1.61 bits per heavy atom. The van der Waals surface area contributed by atoms with Crippen LogP contribution < -0.4 is 0 Å². The Balaban J connectivity index is 3.31. The summed E-state index contributed by atoms with van der Waals surface area (Å²) in [6.45, 7) is 6.23. The largest absolute Gasteiger partial charge is 0.388 e. The number of rotatable bonds is 6. The maximum atomic E-state index is 11.5. The fourth-order valence-corrected chi connectivity index (χ4v) is 2.76. The maximum absolute atomic E-state index is 11.5. The van der Waals surface area contributed by atoms with Crippen molar-refractivity contribution in [3.8, 4) is 0 Å². The van der Waals surface area contributed by atoms with Crippen LogP contribution in [0.3, 0.4) is 0 Å². The highest BCUT2D eigenvalue weighted by Crippen LogP contribution is 2.19. The quantitative estimate of drug-likeness (QED) is 0.581. The molecule has 1 aromatic rings. The van der Waals surface area contributed by atoms with E-state index in [4.69, 9.17) is 0 Å². The van der Waals surface area contributed by atoms with Gasteiger partial charge < -0.3 is 8.37 Å². The van der Waals surface area contributed by atoms with Crippen LogP contribution in [-0.4, -0.2) is 16.8 Å². The van der Waals surface area contributed by atoms with Crippen molar-refractivity contribution in [1.82, 2.24) is 0 Å². The van der Waals surface area contributed by atoms with E-state index >= 15 is 0 Å². The van der Waals surface area contributed by atoms with Crippen molar-refractivity contribution in [2.75, 3.05) is 0 Å². The highest BCUT2D eigenvalue weighted by atomic mass is 32.2. The number of benzene rings is 1. The zero-order valence-electron chi connectivity index (χ0n) is 9.14. The van der Waals surface area contributed by atoms with E-state index in [-0.39, 0.29) is 9.79 Å². The van der Waals surface area contributed by atoms with Gasteiger partial charge in [-0.1, -0.05) is 19.2 Å². The zero-order chi connectivity index (χ0) is 13.8. The summed E-state index contributed by atoms with van der Waals surface area (Å²) in [7, 11) is -8.14. The second kappa shape index (κ2) is 5.23. The lowest BCUT2D eigenvalue weighted by molar-refractivity contribution is 0.442. The molecule has 1 rings (SSSR count). The first-order chi connectivity index (χ1) is 8.33. The molecule has 0 atom stereocenters. The topological polar surface area (TPSA) is 86.7 Å². The summed E-state index contributed by atoms with van der Waals surface area (Å²) in [6, 6.07) is 4.54. The van der Waals surface area contributed by atoms with E-state index in [0.29, 0.717) is 0 Å². The van der Waals surface area contributed by atoms with Gasteiger partial charge in [-0.15, -0.1) is 0 Å². The van der Waals surface area contributed by atoms with Crippen LogP contribution >= 0.6 is 0 Å². The van der Waals surface area contributed by atoms with E-state index in [1.165, 1.54) is 18.2 Å². The summed E-state index contributed by atoms with van der Waals surface area (Å²) < 4.78 is 54.7. The van der Waals surface area contributed by atoms with Crippen LogP contribution in [0, 0.1) is 0 Å². The van der Waals surface area contributed by atoms with Gasteiger partial charge in [-0.25, -0.2) is 0 Å². The van der Waals surface area contributed by atoms with Crippen LogP contribution in [-0.2, 0) is 28.6 Å². The van der Waals surface area contributed by atoms with Crippen molar-refractivity contribution in [2.24, 2.45) is 0 Å². The summed E-state index contributed by atoms with van der Waals surface area (Å²) in [4.78, 5) is -0.646. The second-order valence-electron chi connectivity index (χ2n) is 2.91. The van der Waals surface area contributed by atoms with Gasteiger partial charge in [0.1, 0.15) is 9.79 Å². The Bertz CT molecular complexity index is 602. The molecular formula is C10H10O6S2. The first-order valence-electron chi connectivity index (χ1n) is 4.52. The Morgan fingerprint density at radius 2 is 1.28 bits per heavy atom. The number of hydrogen-bond acceptors (Lipinski definition) is 6. The minimum Gasteiger partial charge on any atom is -0.388 e. The highest BCUT2D eigenvalue weighted by molar-refractivity contribution is 7.87. The SMILES string of the molecule is C=COS(=O)(=O)c1cccc(S(=O)(=O)OC=C)c1. The minimum atomic E-state index is -4.07. The molecule has 0 bridgehead atoms. The lowest BCUT2D eigenvalue weighted by Gasteiger charge is -2.05. The third-order valence-corrected chi connectivity index (χ3v) is 4.21. The van der Waals surface area contributed by atoms with E-state index < -0.39 is 20.2 Å². The lowest BCUT2D eigenvalue weighted by Crippen LogP contribution is -2.06. The molecule has 0 amide bonds. The third kappa shape index (κ3) is 3.11.